The minimum Gasteiger partial charge on any atom is -0.444 e. The van der Waals surface area contributed by atoms with Crippen LogP contribution in [0, 0.1) is 5.92 Å². The molecule has 0 spiro atoms. The quantitative estimate of drug-likeness (QED) is 0.837. The first-order valence-electron chi connectivity index (χ1n) is 8.25. The Labute approximate surface area is 133 Å². The van der Waals surface area contributed by atoms with E-state index in [2.05, 4.69) is 22.4 Å². The Hall–Kier alpha value is -0.420. The smallest absolute Gasteiger partial charge is 0.407 e. The van der Waals surface area contributed by atoms with Crippen LogP contribution in [-0.2, 0) is 4.74 Å². The zero-order valence-corrected chi connectivity index (χ0v) is 14.4. The summed E-state index contributed by atoms with van der Waals surface area (Å²) in [5.41, 5.74) is -0.419. The summed E-state index contributed by atoms with van der Waals surface area (Å²) in [4.78, 5) is 11.8. The van der Waals surface area contributed by atoms with E-state index in [1.165, 1.54) is 43.6 Å². The minimum atomic E-state index is -0.419. The fraction of sp³-hybridized carbons (Fsp3) is 0.938. The molecule has 1 heterocycles. The maximum absolute atomic E-state index is 11.8. The van der Waals surface area contributed by atoms with Gasteiger partial charge < -0.3 is 15.4 Å². The maximum atomic E-state index is 11.8. The molecule has 0 bridgehead atoms. The van der Waals surface area contributed by atoms with Crippen molar-refractivity contribution in [1.82, 2.24) is 10.6 Å². The van der Waals surface area contributed by atoms with Gasteiger partial charge in [-0.25, -0.2) is 4.79 Å². The number of alkyl carbamates (subject to hydrolysis) is 1. The van der Waals surface area contributed by atoms with Gasteiger partial charge in [-0.2, -0.15) is 11.8 Å². The van der Waals surface area contributed by atoms with Crippen LogP contribution < -0.4 is 10.6 Å². The number of ether oxygens (including phenoxy) is 1. The van der Waals surface area contributed by atoms with E-state index in [0.29, 0.717) is 18.0 Å². The topological polar surface area (TPSA) is 50.4 Å². The number of thioether (sulfide) groups is 1. The van der Waals surface area contributed by atoms with Crippen molar-refractivity contribution in [3.05, 3.63) is 0 Å². The Morgan fingerprint density at radius 1 is 1.19 bits per heavy atom. The highest BCUT2D eigenvalue weighted by molar-refractivity contribution is 7.99. The number of rotatable bonds is 4. The van der Waals surface area contributed by atoms with E-state index >= 15 is 0 Å². The summed E-state index contributed by atoms with van der Waals surface area (Å²) in [5, 5.41) is 6.78. The van der Waals surface area contributed by atoms with E-state index in [0.717, 1.165) is 6.54 Å². The highest BCUT2D eigenvalue weighted by atomic mass is 32.2. The van der Waals surface area contributed by atoms with Gasteiger partial charge in [-0.05, 0) is 63.9 Å². The summed E-state index contributed by atoms with van der Waals surface area (Å²) in [6, 6.07) is 1.24. The molecule has 1 saturated carbocycles. The van der Waals surface area contributed by atoms with Gasteiger partial charge in [0.1, 0.15) is 5.60 Å². The molecule has 21 heavy (non-hydrogen) atoms. The summed E-state index contributed by atoms with van der Waals surface area (Å²) < 4.78 is 5.31. The van der Waals surface area contributed by atoms with Crippen molar-refractivity contribution in [2.45, 2.75) is 70.6 Å². The molecule has 1 aliphatic carbocycles. The Balaban J connectivity index is 1.72. The Bertz CT molecular complexity index is 338. The zero-order chi connectivity index (χ0) is 15.3. The van der Waals surface area contributed by atoms with Gasteiger partial charge in [0, 0.05) is 18.6 Å². The van der Waals surface area contributed by atoms with Crippen LogP contribution in [0.15, 0.2) is 0 Å². The number of carbonyl (C=O) groups is 1. The van der Waals surface area contributed by atoms with Crippen molar-refractivity contribution in [2.24, 2.45) is 5.92 Å². The fourth-order valence-electron chi connectivity index (χ4n) is 3.20. The van der Waals surface area contributed by atoms with Crippen molar-refractivity contribution >= 4 is 17.9 Å². The molecule has 0 radical (unpaired) electrons. The molecule has 1 saturated heterocycles. The highest BCUT2D eigenvalue weighted by Crippen LogP contribution is 2.27. The number of carbonyl (C=O) groups excluding carboxylic acids is 1. The van der Waals surface area contributed by atoms with Crippen molar-refractivity contribution in [3.63, 3.8) is 0 Å². The van der Waals surface area contributed by atoms with E-state index < -0.39 is 5.60 Å². The molecule has 1 amide bonds. The molecular weight excluding hydrogens is 284 g/mol. The largest absolute Gasteiger partial charge is 0.444 e. The van der Waals surface area contributed by atoms with E-state index in [4.69, 9.17) is 4.74 Å². The van der Waals surface area contributed by atoms with E-state index in [1.54, 1.807) is 0 Å². The first-order chi connectivity index (χ1) is 9.94. The van der Waals surface area contributed by atoms with Crippen LogP contribution in [0.4, 0.5) is 4.79 Å². The SMILES string of the molecule is CC(C)(C)OC(=O)NC[C@H]1CCC[C@@H]1NC1CCSCC1. The second-order valence-electron chi connectivity index (χ2n) is 7.23. The molecule has 2 aliphatic rings. The standard InChI is InChI=1S/C16H30N2O2S/c1-16(2,3)20-15(19)17-11-12-5-4-6-14(12)18-13-7-9-21-10-8-13/h12-14,18H,4-11H2,1-3H3,(H,17,19)/t12-,14+/m1/s1. The van der Waals surface area contributed by atoms with Crippen LogP contribution in [0.3, 0.4) is 0 Å². The second kappa shape index (κ2) is 7.73. The van der Waals surface area contributed by atoms with Gasteiger partial charge >= 0.3 is 6.09 Å². The highest BCUT2D eigenvalue weighted by Gasteiger charge is 2.30. The normalized spacial score (nSPS) is 27.6. The second-order valence-corrected chi connectivity index (χ2v) is 8.46. The number of amides is 1. The summed E-state index contributed by atoms with van der Waals surface area (Å²) in [6.07, 6.45) is 5.99. The van der Waals surface area contributed by atoms with Crippen molar-refractivity contribution in [2.75, 3.05) is 18.1 Å². The molecule has 0 aromatic carbocycles. The van der Waals surface area contributed by atoms with E-state index in [9.17, 15) is 4.79 Å². The molecule has 5 heteroatoms. The first kappa shape index (κ1) is 16.9. The number of hydrogen-bond acceptors (Lipinski definition) is 4. The number of nitrogens with one attached hydrogen (secondary N) is 2. The lowest BCUT2D eigenvalue weighted by Gasteiger charge is -2.29. The molecule has 4 nitrogen and oxygen atoms in total. The minimum absolute atomic E-state index is 0.290. The van der Waals surface area contributed by atoms with Crippen LogP contribution in [0.1, 0.15) is 52.9 Å². The zero-order valence-electron chi connectivity index (χ0n) is 13.6. The Morgan fingerprint density at radius 3 is 2.57 bits per heavy atom. The fourth-order valence-corrected chi connectivity index (χ4v) is 4.30. The predicted molar refractivity (Wildman–Crippen MR) is 88.8 cm³/mol. The summed E-state index contributed by atoms with van der Waals surface area (Å²) in [6.45, 7) is 6.42. The summed E-state index contributed by atoms with van der Waals surface area (Å²) >= 11 is 2.06. The van der Waals surface area contributed by atoms with Crippen LogP contribution in [0.25, 0.3) is 0 Å². The third-order valence-electron chi connectivity index (χ3n) is 4.24. The third-order valence-corrected chi connectivity index (χ3v) is 5.29. The van der Waals surface area contributed by atoms with Gasteiger partial charge in [0.15, 0.2) is 0 Å². The van der Waals surface area contributed by atoms with Crippen molar-refractivity contribution < 1.29 is 9.53 Å². The molecule has 122 valence electrons. The average molecular weight is 314 g/mol. The van der Waals surface area contributed by atoms with Crippen LogP contribution in [0.5, 0.6) is 0 Å². The lowest BCUT2D eigenvalue weighted by atomic mass is 10.0. The van der Waals surface area contributed by atoms with Crippen molar-refractivity contribution in [1.29, 1.82) is 0 Å². The molecule has 2 atom stereocenters. The van der Waals surface area contributed by atoms with Gasteiger partial charge in [0.2, 0.25) is 0 Å². The molecule has 2 N–H and O–H groups in total. The molecule has 1 aliphatic heterocycles. The monoisotopic (exact) mass is 314 g/mol. The van der Waals surface area contributed by atoms with Crippen LogP contribution in [0.2, 0.25) is 0 Å². The van der Waals surface area contributed by atoms with Gasteiger partial charge in [0.25, 0.3) is 0 Å². The molecule has 2 fully saturated rings. The lowest BCUT2D eigenvalue weighted by molar-refractivity contribution is 0.0517. The number of hydrogen-bond donors (Lipinski definition) is 2. The van der Waals surface area contributed by atoms with Crippen molar-refractivity contribution in [3.8, 4) is 0 Å². The van der Waals surface area contributed by atoms with E-state index in [1.807, 2.05) is 20.8 Å². The molecular formula is C16H30N2O2S. The molecule has 0 aromatic heterocycles. The van der Waals surface area contributed by atoms with Gasteiger partial charge in [0.05, 0.1) is 0 Å². The third kappa shape index (κ3) is 6.07. The van der Waals surface area contributed by atoms with Crippen LogP contribution in [-0.4, -0.2) is 41.8 Å². The lowest BCUT2D eigenvalue weighted by Crippen LogP contribution is -2.45. The average Bonchev–Trinajstić information content (AvgIpc) is 2.83. The van der Waals surface area contributed by atoms with Gasteiger partial charge in [-0.3, -0.25) is 0 Å². The maximum Gasteiger partial charge on any atom is 0.407 e. The summed E-state index contributed by atoms with van der Waals surface area (Å²) in [7, 11) is 0. The predicted octanol–water partition coefficient (Wildman–Crippen LogP) is 3.17. The Kier molecular flexibility index (Phi) is 6.23. The molecule has 0 unspecified atom stereocenters. The summed E-state index contributed by atoms with van der Waals surface area (Å²) in [5.74, 6) is 3.11. The molecule has 2 rings (SSSR count). The van der Waals surface area contributed by atoms with Crippen LogP contribution >= 0.6 is 11.8 Å². The first-order valence-corrected chi connectivity index (χ1v) is 9.40. The molecule has 0 aromatic rings. The Morgan fingerprint density at radius 2 is 1.90 bits per heavy atom. The van der Waals surface area contributed by atoms with Gasteiger partial charge in [-0.15, -0.1) is 0 Å². The van der Waals surface area contributed by atoms with Gasteiger partial charge in [-0.1, -0.05) is 6.42 Å². The van der Waals surface area contributed by atoms with E-state index in [-0.39, 0.29) is 6.09 Å².